The predicted molar refractivity (Wildman–Crippen MR) is 42.4 cm³/mol. The number of aromatic nitrogens is 2. The van der Waals surface area contributed by atoms with E-state index >= 15 is 0 Å². The lowest BCUT2D eigenvalue weighted by atomic mass is 10.4. The summed E-state index contributed by atoms with van der Waals surface area (Å²) in [6.07, 6.45) is 1.51. The lowest BCUT2D eigenvalue weighted by molar-refractivity contribution is 0.468. The van der Waals surface area contributed by atoms with Gasteiger partial charge < -0.3 is 0 Å². The Kier molecular flexibility index (Phi) is 2.20. The monoisotopic (exact) mass is 190 g/mol. The third-order valence-electron chi connectivity index (χ3n) is 1.38. The van der Waals surface area contributed by atoms with E-state index in [2.05, 4.69) is 5.10 Å². The first-order valence-electron chi connectivity index (χ1n) is 3.44. The van der Waals surface area contributed by atoms with Gasteiger partial charge in [-0.2, -0.15) is 13.5 Å². The summed E-state index contributed by atoms with van der Waals surface area (Å²) in [7, 11) is -4.15. The van der Waals surface area contributed by atoms with Crippen molar-refractivity contribution >= 4 is 10.1 Å². The normalized spacial score (nSPS) is 12.3. The number of rotatable bonds is 2. The number of nitrogens with zero attached hydrogens (tertiary/aromatic N) is 2. The summed E-state index contributed by atoms with van der Waals surface area (Å²) in [6, 6.07) is 1.34. The topological polar surface area (TPSA) is 72.2 Å². The molecular weight excluding hydrogens is 180 g/mol. The molecule has 1 aromatic rings. The van der Waals surface area contributed by atoms with Gasteiger partial charge >= 0.3 is 10.1 Å². The molecule has 1 heterocycles. The van der Waals surface area contributed by atoms with Crippen LogP contribution >= 0.6 is 0 Å². The minimum absolute atomic E-state index is 0.0838. The van der Waals surface area contributed by atoms with Crippen LogP contribution in [0.2, 0.25) is 0 Å². The standard InChI is InChI=1S/C6H10N2O3S/c1-5(2)8-4-3-6(7-8)12(9,10)11/h3-5H,1-2H3,(H,9,10,11). The van der Waals surface area contributed by atoms with E-state index in [9.17, 15) is 8.42 Å². The van der Waals surface area contributed by atoms with Crippen molar-refractivity contribution in [2.75, 3.05) is 0 Å². The van der Waals surface area contributed by atoms with Crippen molar-refractivity contribution in [3.63, 3.8) is 0 Å². The van der Waals surface area contributed by atoms with Crippen LogP contribution in [0.25, 0.3) is 0 Å². The predicted octanol–water partition coefficient (Wildman–Crippen LogP) is 0.711. The molecule has 0 aromatic carbocycles. The lowest BCUT2D eigenvalue weighted by Gasteiger charge is -2.02. The SMILES string of the molecule is CC(C)n1ccc(S(=O)(=O)O)n1. The third-order valence-corrected chi connectivity index (χ3v) is 2.12. The Bertz CT molecular complexity index is 366. The van der Waals surface area contributed by atoms with E-state index in [1.165, 1.54) is 16.9 Å². The van der Waals surface area contributed by atoms with Crippen LogP contribution in [-0.2, 0) is 10.1 Å². The van der Waals surface area contributed by atoms with Crippen molar-refractivity contribution in [1.82, 2.24) is 9.78 Å². The minimum Gasteiger partial charge on any atom is -0.281 e. The zero-order valence-corrected chi connectivity index (χ0v) is 7.61. The Morgan fingerprint density at radius 1 is 1.58 bits per heavy atom. The van der Waals surface area contributed by atoms with Gasteiger partial charge in [-0.3, -0.25) is 9.23 Å². The maximum atomic E-state index is 10.5. The Balaban J connectivity index is 3.09. The third kappa shape index (κ3) is 1.83. The first-order valence-corrected chi connectivity index (χ1v) is 4.88. The highest BCUT2D eigenvalue weighted by molar-refractivity contribution is 7.85. The number of hydrogen-bond donors (Lipinski definition) is 1. The summed E-state index contributed by atoms with van der Waals surface area (Å²) in [6.45, 7) is 3.72. The molecule has 0 aliphatic heterocycles. The summed E-state index contributed by atoms with van der Waals surface area (Å²) >= 11 is 0. The van der Waals surface area contributed by atoms with Gasteiger partial charge in [0.05, 0.1) is 0 Å². The van der Waals surface area contributed by atoms with Crippen LogP contribution in [0.15, 0.2) is 17.3 Å². The molecule has 5 nitrogen and oxygen atoms in total. The minimum atomic E-state index is -4.15. The average molecular weight is 190 g/mol. The summed E-state index contributed by atoms with van der Waals surface area (Å²) < 4.78 is 31.1. The molecule has 0 aliphatic rings. The van der Waals surface area contributed by atoms with Crippen LogP contribution < -0.4 is 0 Å². The number of hydrogen-bond acceptors (Lipinski definition) is 3. The molecule has 0 unspecified atom stereocenters. The van der Waals surface area contributed by atoms with Crippen LogP contribution in [0.4, 0.5) is 0 Å². The van der Waals surface area contributed by atoms with Gasteiger partial charge in [0.1, 0.15) is 0 Å². The summed E-state index contributed by atoms with van der Waals surface area (Å²) in [5.41, 5.74) is 0. The zero-order chi connectivity index (χ0) is 9.35. The second kappa shape index (κ2) is 2.87. The molecule has 0 amide bonds. The van der Waals surface area contributed by atoms with Crippen molar-refractivity contribution in [2.45, 2.75) is 24.9 Å². The van der Waals surface area contributed by atoms with Gasteiger partial charge in [0.2, 0.25) is 5.03 Å². The van der Waals surface area contributed by atoms with Crippen molar-refractivity contribution in [1.29, 1.82) is 0 Å². The van der Waals surface area contributed by atoms with Crippen LogP contribution in [0.1, 0.15) is 19.9 Å². The van der Waals surface area contributed by atoms with Gasteiger partial charge in [-0.05, 0) is 19.9 Å². The van der Waals surface area contributed by atoms with Gasteiger partial charge in [0, 0.05) is 12.2 Å². The fourth-order valence-corrected chi connectivity index (χ4v) is 1.18. The van der Waals surface area contributed by atoms with E-state index in [4.69, 9.17) is 4.55 Å². The van der Waals surface area contributed by atoms with Crippen molar-refractivity contribution in [3.05, 3.63) is 12.3 Å². The van der Waals surface area contributed by atoms with Crippen LogP contribution in [0.3, 0.4) is 0 Å². The van der Waals surface area contributed by atoms with Gasteiger partial charge in [0.25, 0.3) is 0 Å². The molecule has 1 rings (SSSR count). The molecule has 6 heteroatoms. The smallest absolute Gasteiger partial charge is 0.281 e. The molecular formula is C6H10N2O3S. The molecule has 0 radical (unpaired) electrons. The van der Waals surface area contributed by atoms with E-state index in [1.807, 2.05) is 13.8 Å². The highest BCUT2D eigenvalue weighted by Gasteiger charge is 2.13. The van der Waals surface area contributed by atoms with Crippen molar-refractivity contribution in [2.24, 2.45) is 0 Å². The molecule has 0 saturated heterocycles. The molecule has 0 bridgehead atoms. The van der Waals surface area contributed by atoms with E-state index in [0.29, 0.717) is 0 Å². The highest BCUT2D eigenvalue weighted by atomic mass is 32.2. The van der Waals surface area contributed by atoms with Gasteiger partial charge in [-0.15, -0.1) is 0 Å². The van der Waals surface area contributed by atoms with Gasteiger partial charge in [-0.1, -0.05) is 0 Å². The van der Waals surface area contributed by atoms with Crippen LogP contribution in [-0.4, -0.2) is 22.8 Å². The van der Waals surface area contributed by atoms with Gasteiger partial charge in [-0.25, -0.2) is 0 Å². The van der Waals surface area contributed by atoms with E-state index < -0.39 is 10.1 Å². The Labute approximate surface area is 70.8 Å². The van der Waals surface area contributed by atoms with E-state index in [0.717, 1.165) is 0 Å². The van der Waals surface area contributed by atoms with Crippen LogP contribution in [0.5, 0.6) is 0 Å². The van der Waals surface area contributed by atoms with Crippen molar-refractivity contribution < 1.29 is 13.0 Å². The quantitative estimate of drug-likeness (QED) is 0.697. The molecule has 0 spiro atoms. The lowest BCUT2D eigenvalue weighted by Crippen LogP contribution is -2.04. The summed E-state index contributed by atoms with van der Waals surface area (Å²) in [4.78, 5) is 0. The summed E-state index contributed by atoms with van der Waals surface area (Å²) in [5.74, 6) is 0. The fourth-order valence-electron chi connectivity index (χ4n) is 0.746. The molecule has 0 saturated carbocycles. The average Bonchev–Trinajstić information content (AvgIpc) is 2.30. The molecule has 0 atom stereocenters. The Morgan fingerprint density at radius 2 is 2.17 bits per heavy atom. The fraction of sp³-hybridized carbons (Fsp3) is 0.500. The first-order chi connectivity index (χ1) is 5.41. The van der Waals surface area contributed by atoms with E-state index in [-0.39, 0.29) is 11.1 Å². The molecule has 1 N–H and O–H groups in total. The zero-order valence-electron chi connectivity index (χ0n) is 6.80. The van der Waals surface area contributed by atoms with Crippen LogP contribution in [0, 0.1) is 0 Å². The largest absolute Gasteiger partial charge is 0.313 e. The second-order valence-electron chi connectivity index (χ2n) is 2.70. The Morgan fingerprint density at radius 3 is 2.42 bits per heavy atom. The molecule has 68 valence electrons. The maximum Gasteiger partial charge on any atom is 0.313 e. The molecule has 0 aliphatic carbocycles. The molecule has 12 heavy (non-hydrogen) atoms. The van der Waals surface area contributed by atoms with E-state index in [1.54, 1.807) is 0 Å². The highest BCUT2D eigenvalue weighted by Crippen LogP contribution is 2.08. The summed E-state index contributed by atoms with van der Waals surface area (Å²) in [5, 5.41) is 3.35. The maximum absolute atomic E-state index is 10.5. The molecule has 1 aromatic heterocycles. The van der Waals surface area contributed by atoms with Crippen molar-refractivity contribution in [3.8, 4) is 0 Å². The second-order valence-corrected chi connectivity index (χ2v) is 4.07. The van der Waals surface area contributed by atoms with Gasteiger partial charge in [0.15, 0.2) is 0 Å². The first kappa shape index (κ1) is 9.21. The molecule has 0 fully saturated rings. The Hall–Kier alpha value is -0.880.